The number of carbonyl (C=O) groups excluding carboxylic acids is 1. The largest absolute Gasteiger partial charge is 0.416 e. The van der Waals surface area contributed by atoms with Gasteiger partial charge in [0.25, 0.3) is 5.22 Å². The SMILES string of the molecule is CCc1nnc(SCC(=O)N2CCC(C)CC2)o1. The third-order valence-corrected chi connectivity index (χ3v) is 4.01. The second kappa shape index (κ2) is 6.22. The van der Waals surface area contributed by atoms with Crippen molar-refractivity contribution >= 4 is 17.7 Å². The van der Waals surface area contributed by atoms with Gasteiger partial charge in [-0.15, -0.1) is 10.2 Å². The maximum atomic E-state index is 12.0. The van der Waals surface area contributed by atoms with Crippen molar-refractivity contribution in [3.8, 4) is 0 Å². The summed E-state index contributed by atoms with van der Waals surface area (Å²) in [5, 5.41) is 8.26. The lowest BCUT2D eigenvalue weighted by Crippen LogP contribution is -2.38. The number of aryl methyl sites for hydroxylation is 1. The average molecular weight is 269 g/mol. The van der Waals surface area contributed by atoms with Gasteiger partial charge in [0.15, 0.2) is 0 Å². The molecule has 0 saturated carbocycles. The molecule has 1 aliphatic rings. The highest BCUT2D eigenvalue weighted by molar-refractivity contribution is 7.99. The molecule has 1 aromatic heterocycles. The standard InChI is InChI=1S/C12H19N3O2S/c1-3-10-13-14-12(17-10)18-8-11(16)15-6-4-9(2)5-7-15/h9H,3-8H2,1-2H3. The molecule has 2 rings (SSSR count). The number of aromatic nitrogens is 2. The zero-order valence-corrected chi connectivity index (χ0v) is 11.7. The minimum atomic E-state index is 0.170. The molecule has 0 N–H and O–H groups in total. The molecule has 0 aliphatic carbocycles. The van der Waals surface area contributed by atoms with Crippen LogP contribution < -0.4 is 0 Å². The van der Waals surface area contributed by atoms with Gasteiger partial charge in [-0.25, -0.2) is 0 Å². The minimum absolute atomic E-state index is 0.170. The zero-order chi connectivity index (χ0) is 13.0. The van der Waals surface area contributed by atoms with Gasteiger partial charge in [0.05, 0.1) is 5.75 Å². The molecule has 0 atom stereocenters. The topological polar surface area (TPSA) is 59.2 Å². The van der Waals surface area contributed by atoms with E-state index < -0.39 is 0 Å². The molecular formula is C12H19N3O2S. The summed E-state index contributed by atoms with van der Waals surface area (Å²) >= 11 is 1.33. The third-order valence-electron chi connectivity index (χ3n) is 3.21. The number of thioether (sulfide) groups is 1. The molecule has 0 unspecified atom stereocenters. The Morgan fingerprint density at radius 1 is 1.44 bits per heavy atom. The van der Waals surface area contributed by atoms with Crippen LogP contribution in [0.15, 0.2) is 9.64 Å². The van der Waals surface area contributed by atoms with E-state index in [1.807, 2.05) is 11.8 Å². The molecule has 18 heavy (non-hydrogen) atoms. The van der Waals surface area contributed by atoms with Crippen molar-refractivity contribution in [2.75, 3.05) is 18.8 Å². The van der Waals surface area contributed by atoms with Crippen LogP contribution in [0.3, 0.4) is 0 Å². The van der Waals surface area contributed by atoms with Crippen LogP contribution in [0.2, 0.25) is 0 Å². The quantitative estimate of drug-likeness (QED) is 0.782. The predicted octanol–water partition coefficient (Wildman–Crippen LogP) is 1.98. The number of amides is 1. The first kappa shape index (κ1) is 13.4. The number of likely N-dealkylation sites (tertiary alicyclic amines) is 1. The van der Waals surface area contributed by atoms with Crippen molar-refractivity contribution in [2.24, 2.45) is 5.92 Å². The van der Waals surface area contributed by atoms with Crippen molar-refractivity contribution in [1.82, 2.24) is 15.1 Å². The van der Waals surface area contributed by atoms with E-state index in [4.69, 9.17) is 4.42 Å². The summed E-state index contributed by atoms with van der Waals surface area (Å²) in [5.41, 5.74) is 0. The van der Waals surface area contributed by atoms with Crippen LogP contribution in [-0.2, 0) is 11.2 Å². The van der Waals surface area contributed by atoms with E-state index >= 15 is 0 Å². The summed E-state index contributed by atoms with van der Waals surface area (Å²) < 4.78 is 5.36. The number of hydrogen-bond acceptors (Lipinski definition) is 5. The van der Waals surface area contributed by atoms with Crippen LogP contribution in [0.4, 0.5) is 0 Å². The minimum Gasteiger partial charge on any atom is -0.416 e. The number of nitrogens with zero attached hydrogens (tertiary/aromatic N) is 3. The van der Waals surface area contributed by atoms with E-state index in [1.165, 1.54) is 11.8 Å². The van der Waals surface area contributed by atoms with Gasteiger partial charge in [-0.05, 0) is 18.8 Å². The van der Waals surface area contributed by atoms with Crippen molar-refractivity contribution in [2.45, 2.75) is 38.3 Å². The molecule has 0 bridgehead atoms. The van der Waals surface area contributed by atoms with Crippen LogP contribution in [0.1, 0.15) is 32.6 Å². The highest BCUT2D eigenvalue weighted by Gasteiger charge is 2.20. The Kier molecular flexibility index (Phi) is 4.63. The summed E-state index contributed by atoms with van der Waals surface area (Å²) in [4.78, 5) is 13.9. The Morgan fingerprint density at radius 2 is 2.17 bits per heavy atom. The molecule has 6 heteroatoms. The maximum Gasteiger partial charge on any atom is 0.277 e. The lowest BCUT2D eigenvalue weighted by molar-refractivity contribution is -0.129. The average Bonchev–Trinajstić information content (AvgIpc) is 2.85. The van der Waals surface area contributed by atoms with Crippen molar-refractivity contribution in [1.29, 1.82) is 0 Å². The molecule has 1 fully saturated rings. The summed E-state index contributed by atoms with van der Waals surface area (Å²) in [7, 11) is 0. The molecule has 100 valence electrons. The predicted molar refractivity (Wildman–Crippen MR) is 69.4 cm³/mol. The number of hydrogen-bond donors (Lipinski definition) is 0. The molecule has 0 radical (unpaired) electrons. The van der Waals surface area contributed by atoms with Gasteiger partial charge < -0.3 is 9.32 Å². The highest BCUT2D eigenvalue weighted by atomic mass is 32.2. The first-order chi connectivity index (χ1) is 8.69. The van der Waals surface area contributed by atoms with Gasteiger partial charge in [-0.2, -0.15) is 0 Å². The van der Waals surface area contributed by atoms with Gasteiger partial charge in [-0.3, -0.25) is 4.79 Å². The van der Waals surface area contributed by atoms with Crippen LogP contribution in [0.25, 0.3) is 0 Å². The first-order valence-electron chi connectivity index (χ1n) is 6.42. The Morgan fingerprint density at radius 3 is 2.78 bits per heavy atom. The van der Waals surface area contributed by atoms with Gasteiger partial charge in [0.2, 0.25) is 11.8 Å². The van der Waals surface area contributed by atoms with E-state index in [1.54, 1.807) is 0 Å². The van der Waals surface area contributed by atoms with Crippen LogP contribution >= 0.6 is 11.8 Å². The summed E-state index contributed by atoms with van der Waals surface area (Å²) in [6.07, 6.45) is 2.94. The summed E-state index contributed by atoms with van der Waals surface area (Å²) in [6, 6.07) is 0. The molecule has 0 spiro atoms. The number of piperidine rings is 1. The Hall–Kier alpha value is -1.04. The molecule has 0 aromatic carbocycles. The fourth-order valence-electron chi connectivity index (χ4n) is 1.91. The zero-order valence-electron chi connectivity index (χ0n) is 10.9. The van der Waals surface area contributed by atoms with Gasteiger partial charge in [0, 0.05) is 19.5 Å². The second-order valence-corrected chi connectivity index (χ2v) is 5.59. The van der Waals surface area contributed by atoms with E-state index in [2.05, 4.69) is 17.1 Å². The van der Waals surface area contributed by atoms with Crippen LogP contribution in [0.5, 0.6) is 0 Å². The van der Waals surface area contributed by atoms with Crippen molar-refractivity contribution in [3.05, 3.63) is 5.89 Å². The fraction of sp³-hybridized carbons (Fsp3) is 0.750. The lowest BCUT2D eigenvalue weighted by Gasteiger charge is -2.30. The number of rotatable bonds is 4. The molecule has 5 nitrogen and oxygen atoms in total. The second-order valence-electron chi connectivity index (χ2n) is 4.67. The van der Waals surface area contributed by atoms with Gasteiger partial charge >= 0.3 is 0 Å². The van der Waals surface area contributed by atoms with Gasteiger partial charge in [0.1, 0.15) is 0 Å². The molecule has 1 aromatic rings. The molecule has 1 saturated heterocycles. The Labute approximate surface area is 111 Å². The monoisotopic (exact) mass is 269 g/mol. The van der Waals surface area contributed by atoms with Crippen LogP contribution in [0, 0.1) is 5.92 Å². The Balaban J connectivity index is 1.77. The van der Waals surface area contributed by atoms with Crippen molar-refractivity contribution < 1.29 is 9.21 Å². The molecule has 1 amide bonds. The Bertz CT molecular complexity index is 400. The van der Waals surface area contributed by atoms with E-state index in [-0.39, 0.29) is 5.91 Å². The highest BCUT2D eigenvalue weighted by Crippen LogP contribution is 2.20. The number of carbonyl (C=O) groups is 1. The normalized spacial score (nSPS) is 17.1. The summed E-state index contributed by atoms with van der Waals surface area (Å²) in [6.45, 7) is 5.96. The lowest BCUT2D eigenvalue weighted by atomic mass is 9.99. The first-order valence-corrected chi connectivity index (χ1v) is 7.40. The van der Waals surface area contributed by atoms with E-state index in [0.29, 0.717) is 16.9 Å². The van der Waals surface area contributed by atoms with Crippen LogP contribution in [-0.4, -0.2) is 39.8 Å². The molecule has 1 aliphatic heterocycles. The van der Waals surface area contributed by atoms with E-state index in [9.17, 15) is 4.79 Å². The maximum absolute atomic E-state index is 12.0. The molecule has 2 heterocycles. The van der Waals surface area contributed by atoms with Crippen molar-refractivity contribution in [3.63, 3.8) is 0 Å². The molecular weight excluding hydrogens is 250 g/mol. The smallest absolute Gasteiger partial charge is 0.277 e. The summed E-state index contributed by atoms with van der Waals surface area (Å²) in [5.74, 6) is 1.92. The van der Waals surface area contributed by atoms with Gasteiger partial charge in [-0.1, -0.05) is 25.6 Å². The fourth-order valence-corrected chi connectivity index (χ4v) is 2.60. The third kappa shape index (κ3) is 3.48. The van der Waals surface area contributed by atoms with E-state index in [0.717, 1.165) is 38.3 Å².